The summed E-state index contributed by atoms with van der Waals surface area (Å²) in [6.45, 7) is 2.66. The molecule has 13 heavy (non-hydrogen) atoms. The van der Waals surface area contributed by atoms with Gasteiger partial charge in [0.1, 0.15) is 0 Å². The summed E-state index contributed by atoms with van der Waals surface area (Å²) >= 11 is 0. The first-order valence-corrected chi connectivity index (χ1v) is 4.59. The number of hydrogen-bond acceptors (Lipinski definition) is 3. The molecule has 5 heteroatoms. The van der Waals surface area contributed by atoms with Crippen molar-refractivity contribution in [1.29, 1.82) is 0 Å². The summed E-state index contributed by atoms with van der Waals surface area (Å²) in [6, 6.07) is -0.158. The maximum atomic E-state index is 10.8. The number of amides is 2. The second-order valence-electron chi connectivity index (χ2n) is 3.19. The van der Waals surface area contributed by atoms with Gasteiger partial charge in [-0.2, -0.15) is 0 Å². The van der Waals surface area contributed by atoms with E-state index >= 15 is 0 Å². The normalized spacial score (nSPS) is 21.3. The van der Waals surface area contributed by atoms with Gasteiger partial charge in [-0.3, -0.25) is 0 Å². The van der Waals surface area contributed by atoms with Gasteiger partial charge in [0.15, 0.2) is 0 Å². The Morgan fingerprint density at radius 1 is 1.62 bits per heavy atom. The number of likely N-dealkylation sites (tertiary alicyclic amines) is 1. The zero-order chi connectivity index (χ0) is 9.68. The third-order valence-electron chi connectivity index (χ3n) is 2.23. The lowest BCUT2D eigenvalue weighted by atomic mass is 10.1. The molecule has 0 aromatic carbocycles. The lowest BCUT2D eigenvalue weighted by Crippen LogP contribution is -2.55. The Morgan fingerprint density at radius 3 is 2.85 bits per heavy atom. The Bertz CT molecular complexity index is 175. The number of ether oxygens (including phenoxy) is 1. The van der Waals surface area contributed by atoms with Gasteiger partial charge in [0.05, 0.1) is 12.6 Å². The highest BCUT2D eigenvalue weighted by Gasteiger charge is 2.30. The van der Waals surface area contributed by atoms with E-state index < -0.39 is 0 Å². The molecule has 0 spiro atoms. The Kier molecular flexibility index (Phi) is 3.98. The lowest BCUT2D eigenvalue weighted by molar-refractivity contribution is 0.0301. The molecular weight excluding hydrogens is 170 g/mol. The maximum Gasteiger partial charge on any atom is 0.315 e. The molecule has 1 aliphatic rings. The third kappa shape index (κ3) is 2.86. The number of primary amides is 1. The van der Waals surface area contributed by atoms with E-state index in [2.05, 4.69) is 0 Å². The predicted octanol–water partition coefficient (Wildman–Crippen LogP) is -0.495. The van der Waals surface area contributed by atoms with E-state index in [0.717, 1.165) is 19.4 Å². The highest BCUT2D eigenvalue weighted by molar-refractivity contribution is 5.73. The van der Waals surface area contributed by atoms with E-state index in [9.17, 15) is 4.79 Å². The fourth-order valence-corrected chi connectivity index (χ4v) is 1.31. The number of urea groups is 1. The van der Waals surface area contributed by atoms with Gasteiger partial charge >= 0.3 is 6.03 Å². The first kappa shape index (κ1) is 10.3. The largest absolute Gasteiger partial charge is 0.379 e. The molecule has 1 aliphatic heterocycles. The number of carbonyl (C=O) groups excluding carboxylic acids is 1. The molecule has 1 heterocycles. The maximum absolute atomic E-state index is 10.8. The van der Waals surface area contributed by atoms with Crippen molar-refractivity contribution in [3.05, 3.63) is 0 Å². The van der Waals surface area contributed by atoms with Crippen molar-refractivity contribution >= 4 is 6.03 Å². The van der Waals surface area contributed by atoms with Crippen molar-refractivity contribution in [2.24, 2.45) is 11.5 Å². The number of rotatable bonds is 5. The van der Waals surface area contributed by atoms with E-state index in [1.165, 1.54) is 0 Å². The van der Waals surface area contributed by atoms with Gasteiger partial charge in [-0.25, -0.2) is 4.79 Å². The first-order chi connectivity index (χ1) is 6.25. The van der Waals surface area contributed by atoms with E-state index in [0.29, 0.717) is 19.8 Å². The number of nitrogens with zero attached hydrogens (tertiary/aromatic N) is 1. The molecule has 0 bridgehead atoms. The highest BCUT2D eigenvalue weighted by Crippen LogP contribution is 2.16. The molecule has 1 atom stereocenters. The zero-order valence-corrected chi connectivity index (χ0v) is 7.74. The van der Waals surface area contributed by atoms with Crippen LogP contribution in [0.2, 0.25) is 0 Å². The molecule has 1 saturated heterocycles. The van der Waals surface area contributed by atoms with Gasteiger partial charge in [0.25, 0.3) is 0 Å². The second-order valence-corrected chi connectivity index (χ2v) is 3.19. The quantitative estimate of drug-likeness (QED) is 0.569. The van der Waals surface area contributed by atoms with Crippen molar-refractivity contribution in [3.8, 4) is 0 Å². The summed E-state index contributed by atoms with van der Waals surface area (Å²) in [4.78, 5) is 12.4. The van der Waals surface area contributed by atoms with Gasteiger partial charge in [-0.05, 0) is 19.4 Å². The van der Waals surface area contributed by atoms with Crippen LogP contribution in [0.15, 0.2) is 0 Å². The van der Waals surface area contributed by atoms with Crippen LogP contribution < -0.4 is 11.5 Å². The van der Waals surface area contributed by atoms with Crippen molar-refractivity contribution in [2.45, 2.75) is 18.9 Å². The van der Waals surface area contributed by atoms with Crippen LogP contribution in [-0.2, 0) is 4.74 Å². The second kappa shape index (κ2) is 5.04. The molecular formula is C8H17N3O2. The van der Waals surface area contributed by atoms with E-state index in [-0.39, 0.29) is 12.1 Å². The molecule has 0 radical (unpaired) electrons. The Balaban J connectivity index is 2.05. The first-order valence-electron chi connectivity index (χ1n) is 4.59. The summed E-state index contributed by atoms with van der Waals surface area (Å²) in [5.74, 6) is 0. The van der Waals surface area contributed by atoms with Crippen molar-refractivity contribution in [3.63, 3.8) is 0 Å². The summed E-state index contributed by atoms with van der Waals surface area (Å²) < 4.78 is 5.33. The Labute approximate surface area is 78.0 Å². The fraction of sp³-hybridized carbons (Fsp3) is 0.875. The minimum atomic E-state index is -0.348. The van der Waals surface area contributed by atoms with Gasteiger partial charge in [-0.15, -0.1) is 0 Å². The van der Waals surface area contributed by atoms with Crippen LogP contribution in [-0.4, -0.2) is 43.3 Å². The average Bonchev–Trinajstić information content (AvgIpc) is 2.01. The van der Waals surface area contributed by atoms with Crippen LogP contribution in [0.5, 0.6) is 0 Å². The monoisotopic (exact) mass is 187 g/mol. The molecule has 0 aromatic heterocycles. The van der Waals surface area contributed by atoms with Crippen LogP contribution in [0.3, 0.4) is 0 Å². The molecule has 4 N–H and O–H groups in total. The molecule has 1 rings (SSSR count). The van der Waals surface area contributed by atoms with Gasteiger partial charge in [0.2, 0.25) is 0 Å². The minimum absolute atomic E-state index is 0.190. The summed E-state index contributed by atoms with van der Waals surface area (Å²) in [5.41, 5.74) is 10.4. The fourth-order valence-electron chi connectivity index (χ4n) is 1.31. The third-order valence-corrected chi connectivity index (χ3v) is 2.23. The van der Waals surface area contributed by atoms with Crippen LogP contribution >= 0.6 is 0 Å². The molecule has 0 saturated carbocycles. The number of nitrogens with two attached hydrogens (primary N) is 2. The molecule has 1 unspecified atom stereocenters. The SMILES string of the molecule is NCCCOCC1CCN1C(N)=O. The van der Waals surface area contributed by atoms with Crippen molar-refractivity contribution < 1.29 is 9.53 Å². The van der Waals surface area contributed by atoms with E-state index in [4.69, 9.17) is 16.2 Å². The number of hydrogen-bond donors (Lipinski definition) is 2. The Morgan fingerprint density at radius 2 is 2.38 bits per heavy atom. The average molecular weight is 187 g/mol. The van der Waals surface area contributed by atoms with Crippen LogP contribution in [0.25, 0.3) is 0 Å². The molecule has 5 nitrogen and oxygen atoms in total. The minimum Gasteiger partial charge on any atom is -0.379 e. The summed E-state index contributed by atoms with van der Waals surface area (Å²) in [7, 11) is 0. The standard InChI is InChI=1S/C8H17N3O2/c9-3-1-5-13-6-7-2-4-11(7)8(10)12/h7H,1-6,9H2,(H2,10,12). The molecule has 76 valence electrons. The zero-order valence-electron chi connectivity index (χ0n) is 7.74. The smallest absolute Gasteiger partial charge is 0.315 e. The number of carbonyl (C=O) groups is 1. The molecule has 0 aromatic rings. The van der Waals surface area contributed by atoms with E-state index in [1.54, 1.807) is 4.90 Å². The molecule has 2 amide bonds. The highest BCUT2D eigenvalue weighted by atomic mass is 16.5. The van der Waals surface area contributed by atoms with Gasteiger partial charge in [-0.1, -0.05) is 0 Å². The van der Waals surface area contributed by atoms with Crippen LogP contribution in [0, 0.1) is 0 Å². The van der Waals surface area contributed by atoms with Crippen molar-refractivity contribution in [2.75, 3.05) is 26.3 Å². The van der Waals surface area contributed by atoms with Gasteiger partial charge in [0, 0.05) is 13.2 Å². The molecule has 1 fully saturated rings. The van der Waals surface area contributed by atoms with Gasteiger partial charge < -0.3 is 21.1 Å². The van der Waals surface area contributed by atoms with Crippen LogP contribution in [0.1, 0.15) is 12.8 Å². The molecule has 0 aliphatic carbocycles. The van der Waals surface area contributed by atoms with Crippen LogP contribution in [0.4, 0.5) is 4.79 Å². The summed E-state index contributed by atoms with van der Waals surface area (Å²) in [6.07, 6.45) is 1.86. The summed E-state index contributed by atoms with van der Waals surface area (Å²) in [5, 5.41) is 0. The van der Waals surface area contributed by atoms with E-state index in [1.807, 2.05) is 0 Å². The lowest BCUT2D eigenvalue weighted by Gasteiger charge is -2.39. The topological polar surface area (TPSA) is 81.6 Å². The Hall–Kier alpha value is -0.810. The predicted molar refractivity (Wildman–Crippen MR) is 49.2 cm³/mol. The van der Waals surface area contributed by atoms with Crippen molar-refractivity contribution in [1.82, 2.24) is 4.90 Å².